The van der Waals surface area contributed by atoms with Crippen molar-refractivity contribution in [3.05, 3.63) is 45.8 Å². The van der Waals surface area contributed by atoms with Crippen molar-refractivity contribution in [3.63, 3.8) is 0 Å². The van der Waals surface area contributed by atoms with Gasteiger partial charge in [-0.1, -0.05) is 28.9 Å². The molecule has 1 aromatic heterocycles. The van der Waals surface area contributed by atoms with Crippen LogP contribution >= 0.6 is 15.9 Å². The molecule has 1 N–H and O–H groups in total. The number of aryl methyl sites for hydroxylation is 2. The molecule has 2 aromatic rings. The Bertz CT molecular complexity index is 582. The standard InChI is InChI=1S/C15H18BrN3/c1-4-17-9-15-18-11(3)7-14(19-15)13-8-12(16)6-5-10(13)2/h5-8,17H,4,9H2,1-3H3. The third-order valence-electron chi connectivity index (χ3n) is 2.91. The van der Waals surface area contributed by atoms with E-state index < -0.39 is 0 Å². The second-order valence-corrected chi connectivity index (χ2v) is 5.47. The van der Waals surface area contributed by atoms with Crippen LogP contribution in [-0.4, -0.2) is 16.5 Å². The predicted octanol–water partition coefficient (Wildman–Crippen LogP) is 3.63. The maximum absolute atomic E-state index is 4.65. The summed E-state index contributed by atoms with van der Waals surface area (Å²) in [5.41, 5.74) is 4.35. The molecule has 1 heterocycles. The van der Waals surface area contributed by atoms with E-state index in [0.29, 0.717) is 6.54 Å². The van der Waals surface area contributed by atoms with Crippen molar-refractivity contribution in [1.29, 1.82) is 0 Å². The summed E-state index contributed by atoms with van der Waals surface area (Å²) >= 11 is 3.52. The SMILES string of the molecule is CCNCc1nc(C)cc(-c2cc(Br)ccc2C)n1. The minimum absolute atomic E-state index is 0.707. The van der Waals surface area contributed by atoms with E-state index in [1.807, 2.05) is 19.1 Å². The molecule has 3 nitrogen and oxygen atoms in total. The number of nitrogens with zero attached hydrogens (tertiary/aromatic N) is 2. The van der Waals surface area contributed by atoms with Crippen molar-refractivity contribution in [1.82, 2.24) is 15.3 Å². The van der Waals surface area contributed by atoms with Gasteiger partial charge in [0.15, 0.2) is 0 Å². The summed E-state index contributed by atoms with van der Waals surface area (Å²) in [4.78, 5) is 9.11. The maximum Gasteiger partial charge on any atom is 0.143 e. The fourth-order valence-corrected chi connectivity index (χ4v) is 2.32. The molecule has 0 amide bonds. The molecule has 100 valence electrons. The van der Waals surface area contributed by atoms with Crippen molar-refractivity contribution in [2.75, 3.05) is 6.54 Å². The van der Waals surface area contributed by atoms with E-state index in [1.165, 1.54) is 5.56 Å². The van der Waals surface area contributed by atoms with Gasteiger partial charge in [-0.3, -0.25) is 0 Å². The first kappa shape index (κ1) is 14.2. The molecule has 0 spiro atoms. The lowest BCUT2D eigenvalue weighted by Crippen LogP contribution is -2.15. The molecule has 2 rings (SSSR count). The lowest BCUT2D eigenvalue weighted by Gasteiger charge is -2.09. The number of hydrogen-bond acceptors (Lipinski definition) is 3. The summed E-state index contributed by atoms with van der Waals surface area (Å²) in [5, 5.41) is 3.26. The van der Waals surface area contributed by atoms with Crippen LogP contribution in [0.15, 0.2) is 28.7 Å². The lowest BCUT2D eigenvalue weighted by molar-refractivity contribution is 0.688. The molecule has 0 saturated heterocycles. The summed E-state index contributed by atoms with van der Waals surface area (Å²) in [6.07, 6.45) is 0. The highest BCUT2D eigenvalue weighted by Crippen LogP contribution is 2.25. The lowest BCUT2D eigenvalue weighted by atomic mass is 10.1. The van der Waals surface area contributed by atoms with Crippen molar-refractivity contribution in [3.8, 4) is 11.3 Å². The minimum atomic E-state index is 0.707. The number of aromatic nitrogens is 2. The van der Waals surface area contributed by atoms with E-state index in [-0.39, 0.29) is 0 Å². The zero-order valence-corrected chi connectivity index (χ0v) is 13.1. The van der Waals surface area contributed by atoms with Gasteiger partial charge < -0.3 is 5.32 Å². The number of nitrogens with one attached hydrogen (secondary N) is 1. The van der Waals surface area contributed by atoms with Gasteiger partial charge in [-0.25, -0.2) is 9.97 Å². The summed E-state index contributed by atoms with van der Waals surface area (Å²) in [6.45, 7) is 7.81. The maximum atomic E-state index is 4.65. The fraction of sp³-hybridized carbons (Fsp3) is 0.333. The van der Waals surface area contributed by atoms with Gasteiger partial charge in [0.1, 0.15) is 5.82 Å². The van der Waals surface area contributed by atoms with Gasteiger partial charge in [0.25, 0.3) is 0 Å². The molecule has 0 bridgehead atoms. The Morgan fingerprint density at radius 1 is 1.16 bits per heavy atom. The van der Waals surface area contributed by atoms with Crippen LogP contribution in [0.2, 0.25) is 0 Å². The first-order chi connectivity index (χ1) is 9.10. The molecule has 0 saturated carbocycles. The number of benzene rings is 1. The van der Waals surface area contributed by atoms with E-state index in [4.69, 9.17) is 0 Å². The van der Waals surface area contributed by atoms with Crippen LogP contribution in [0.1, 0.15) is 24.0 Å². The van der Waals surface area contributed by atoms with Gasteiger partial charge in [-0.05, 0) is 44.2 Å². The molecule has 0 aliphatic rings. The van der Waals surface area contributed by atoms with Crippen molar-refractivity contribution < 1.29 is 0 Å². The summed E-state index contributed by atoms with van der Waals surface area (Å²) in [6, 6.07) is 8.28. The van der Waals surface area contributed by atoms with Crippen LogP contribution < -0.4 is 5.32 Å². The summed E-state index contributed by atoms with van der Waals surface area (Å²) < 4.78 is 1.07. The fourth-order valence-electron chi connectivity index (χ4n) is 1.95. The van der Waals surface area contributed by atoms with Gasteiger partial charge in [-0.2, -0.15) is 0 Å². The molecule has 0 aliphatic heterocycles. The second kappa shape index (κ2) is 6.26. The number of hydrogen-bond donors (Lipinski definition) is 1. The Hall–Kier alpha value is -1.26. The molecule has 0 aliphatic carbocycles. The average molecular weight is 320 g/mol. The smallest absolute Gasteiger partial charge is 0.143 e. The van der Waals surface area contributed by atoms with Crippen molar-refractivity contribution in [2.45, 2.75) is 27.3 Å². The van der Waals surface area contributed by atoms with E-state index in [2.05, 4.69) is 57.2 Å². The molecule has 0 atom stereocenters. The second-order valence-electron chi connectivity index (χ2n) is 4.55. The molecule has 0 radical (unpaired) electrons. The van der Waals surface area contributed by atoms with Gasteiger partial charge in [0, 0.05) is 15.7 Å². The van der Waals surface area contributed by atoms with Crippen LogP contribution in [-0.2, 0) is 6.54 Å². The molecule has 1 aromatic carbocycles. The molecule has 4 heteroatoms. The zero-order chi connectivity index (χ0) is 13.8. The largest absolute Gasteiger partial charge is 0.310 e. The monoisotopic (exact) mass is 319 g/mol. The van der Waals surface area contributed by atoms with Gasteiger partial charge in [-0.15, -0.1) is 0 Å². The first-order valence-electron chi connectivity index (χ1n) is 6.42. The molecular formula is C15H18BrN3. The van der Waals surface area contributed by atoms with Gasteiger partial charge >= 0.3 is 0 Å². The van der Waals surface area contributed by atoms with Crippen LogP contribution in [0.25, 0.3) is 11.3 Å². The topological polar surface area (TPSA) is 37.8 Å². The third kappa shape index (κ3) is 3.61. The number of rotatable bonds is 4. The Labute approximate surface area is 122 Å². The highest BCUT2D eigenvalue weighted by atomic mass is 79.9. The van der Waals surface area contributed by atoms with Gasteiger partial charge in [0.2, 0.25) is 0 Å². The van der Waals surface area contributed by atoms with E-state index in [9.17, 15) is 0 Å². The average Bonchev–Trinajstić information content (AvgIpc) is 2.38. The van der Waals surface area contributed by atoms with E-state index in [1.54, 1.807) is 0 Å². The van der Waals surface area contributed by atoms with Crippen molar-refractivity contribution >= 4 is 15.9 Å². The quantitative estimate of drug-likeness (QED) is 0.935. The number of halogens is 1. The van der Waals surface area contributed by atoms with E-state index in [0.717, 1.165) is 33.8 Å². The Morgan fingerprint density at radius 2 is 1.95 bits per heavy atom. The highest BCUT2D eigenvalue weighted by Gasteiger charge is 2.07. The van der Waals surface area contributed by atoms with Crippen LogP contribution in [0.4, 0.5) is 0 Å². The predicted molar refractivity (Wildman–Crippen MR) is 82.0 cm³/mol. The third-order valence-corrected chi connectivity index (χ3v) is 3.40. The van der Waals surface area contributed by atoms with Crippen LogP contribution in [0, 0.1) is 13.8 Å². The normalized spacial score (nSPS) is 10.7. The minimum Gasteiger partial charge on any atom is -0.310 e. The summed E-state index contributed by atoms with van der Waals surface area (Å²) in [5.74, 6) is 0.844. The highest BCUT2D eigenvalue weighted by molar-refractivity contribution is 9.10. The van der Waals surface area contributed by atoms with Crippen molar-refractivity contribution in [2.24, 2.45) is 0 Å². The van der Waals surface area contributed by atoms with Gasteiger partial charge in [0.05, 0.1) is 12.2 Å². The Kier molecular flexibility index (Phi) is 4.66. The van der Waals surface area contributed by atoms with E-state index >= 15 is 0 Å². The Balaban J connectivity index is 2.43. The van der Waals surface area contributed by atoms with Crippen LogP contribution in [0.3, 0.4) is 0 Å². The first-order valence-corrected chi connectivity index (χ1v) is 7.21. The summed E-state index contributed by atoms with van der Waals surface area (Å²) in [7, 11) is 0. The van der Waals surface area contributed by atoms with Crippen LogP contribution in [0.5, 0.6) is 0 Å². The molecular weight excluding hydrogens is 302 g/mol. The Morgan fingerprint density at radius 3 is 2.68 bits per heavy atom. The molecule has 19 heavy (non-hydrogen) atoms. The molecule has 0 fully saturated rings. The zero-order valence-electron chi connectivity index (χ0n) is 11.5. The molecule has 0 unspecified atom stereocenters.